The molecule has 0 unspecified atom stereocenters. The number of halogens is 1. The smallest absolute Gasteiger partial charge is 0.407 e. The van der Waals surface area contributed by atoms with E-state index in [0.29, 0.717) is 29.7 Å². The summed E-state index contributed by atoms with van der Waals surface area (Å²) in [5.41, 5.74) is 1.84. The fourth-order valence-corrected chi connectivity index (χ4v) is 11.6. The Hall–Kier alpha value is -3.26. The van der Waals surface area contributed by atoms with Gasteiger partial charge in [0.05, 0.1) is 12.0 Å². The van der Waals surface area contributed by atoms with E-state index in [-0.39, 0.29) is 48.3 Å². The van der Waals surface area contributed by atoms with Crippen LogP contribution in [0.2, 0.25) is 0 Å². The van der Waals surface area contributed by atoms with Crippen molar-refractivity contribution in [2.24, 2.45) is 17.8 Å². The van der Waals surface area contributed by atoms with Crippen molar-refractivity contribution in [1.82, 2.24) is 24.9 Å². The number of nitrogens with one attached hydrogen (secondary N) is 1. The number of benzene rings is 2. The molecule has 13 heteroatoms. The number of ether oxygens (including phenoxy) is 1. The summed E-state index contributed by atoms with van der Waals surface area (Å²) in [7, 11) is 1.77. The van der Waals surface area contributed by atoms with E-state index in [1.165, 1.54) is 13.5 Å². The number of nitrogens with zero attached hydrogens (tertiary/aromatic N) is 5. The maximum atomic E-state index is 15.0. The Labute approximate surface area is 321 Å². The molecule has 5 fully saturated rings. The Bertz CT molecular complexity index is 1720. The van der Waals surface area contributed by atoms with Crippen LogP contribution >= 0.6 is 0 Å². The lowest BCUT2D eigenvalue weighted by molar-refractivity contribution is -0.134. The van der Waals surface area contributed by atoms with Crippen molar-refractivity contribution < 1.29 is 27.1 Å². The Morgan fingerprint density at radius 1 is 0.926 bits per heavy atom. The molecule has 5 aliphatic rings. The van der Waals surface area contributed by atoms with Gasteiger partial charge in [-0.2, -0.15) is 0 Å². The Morgan fingerprint density at radius 2 is 1.65 bits per heavy atom. The van der Waals surface area contributed by atoms with Crippen LogP contribution in [0.5, 0.6) is 0 Å². The summed E-state index contributed by atoms with van der Waals surface area (Å²) in [6.45, 7) is 9.07. The van der Waals surface area contributed by atoms with E-state index < -0.39 is 15.1 Å². The number of carbonyl (C=O) groups is 2. The van der Waals surface area contributed by atoms with Crippen molar-refractivity contribution in [1.29, 1.82) is 0 Å². The second kappa shape index (κ2) is 16.5. The van der Waals surface area contributed by atoms with Crippen molar-refractivity contribution in [2.45, 2.75) is 66.5 Å². The lowest BCUT2D eigenvalue weighted by Crippen LogP contribution is -2.60. The number of hydrogen-bond donors (Lipinski definition) is 1. The minimum Gasteiger partial charge on any atom is -0.453 e. The standard InChI is InChI=1S/C41H59FN6O5S/c1-44(2)20-17-39(49)48-27-36(28-48)54(51,52)35-13-11-34(12-14-35)47-25-30(26-47)24-45-21-15-31(16-22-45)41(29-46-18-6-19-46,32-7-4-8-33(42)23-32)37-9-5-10-38(37)43-40(50)53-3/h4,7-8,11-14,23,30-31,36-38H,5-6,9-10,15-22,24-29H2,1-3H3,(H,43,50)/t37-,38-,41-/m0/s1. The van der Waals surface area contributed by atoms with Crippen molar-refractivity contribution in [3.63, 3.8) is 0 Å². The zero-order valence-corrected chi connectivity index (χ0v) is 33.1. The minimum absolute atomic E-state index is 0.00699. The van der Waals surface area contributed by atoms with E-state index in [1.54, 1.807) is 29.2 Å². The van der Waals surface area contributed by atoms with Gasteiger partial charge in [-0.1, -0.05) is 18.6 Å². The van der Waals surface area contributed by atoms with E-state index in [4.69, 9.17) is 4.74 Å². The average molecular weight is 767 g/mol. The van der Waals surface area contributed by atoms with Gasteiger partial charge >= 0.3 is 6.09 Å². The largest absolute Gasteiger partial charge is 0.453 e. The van der Waals surface area contributed by atoms with Gasteiger partial charge in [-0.05, 0) is 126 Å². The first kappa shape index (κ1) is 39.0. The van der Waals surface area contributed by atoms with Gasteiger partial charge in [0.15, 0.2) is 9.84 Å². The van der Waals surface area contributed by atoms with E-state index in [9.17, 15) is 22.4 Å². The van der Waals surface area contributed by atoms with Crippen LogP contribution in [0.3, 0.4) is 0 Å². The van der Waals surface area contributed by atoms with E-state index >= 15 is 0 Å². The summed E-state index contributed by atoms with van der Waals surface area (Å²) in [5.74, 6) is 0.901. The molecule has 2 aromatic carbocycles. The second-order valence-electron chi connectivity index (χ2n) is 16.8. The number of alkyl carbamates (subject to hydrolysis) is 1. The molecule has 0 bridgehead atoms. The maximum Gasteiger partial charge on any atom is 0.407 e. The van der Waals surface area contributed by atoms with Crippen LogP contribution in [-0.2, 0) is 24.8 Å². The lowest BCUT2D eigenvalue weighted by Gasteiger charge is -2.54. The molecule has 7 rings (SSSR count). The number of carbonyl (C=O) groups excluding carboxylic acids is 2. The third-order valence-electron chi connectivity index (χ3n) is 13.2. The predicted octanol–water partition coefficient (Wildman–Crippen LogP) is 4.08. The number of methoxy groups -OCH3 is 1. The molecule has 2 amide bonds. The van der Waals surface area contributed by atoms with Gasteiger partial charge < -0.3 is 34.6 Å². The fraction of sp³-hybridized carbons (Fsp3) is 0.659. The molecule has 296 valence electrons. The van der Waals surface area contributed by atoms with Crippen LogP contribution in [0.15, 0.2) is 53.4 Å². The highest BCUT2D eigenvalue weighted by atomic mass is 32.2. The molecule has 11 nitrogen and oxygen atoms in total. The Kier molecular flexibility index (Phi) is 11.9. The van der Waals surface area contributed by atoms with Gasteiger partial charge in [-0.25, -0.2) is 17.6 Å². The third kappa shape index (κ3) is 8.15. The number of piperidine rings is 1. The molecule has 0 spiro atoms. The van der Waals surface area contributed by atoms with Crippen LogP contribution < -0.4 is 10.2 Å². The van der Waals surface area contributed by atoms with Crippen LogP contribution in [0.25, 0.3) is 0 Å². The normalized spacial score (nSPS) is 24.5. The topological polar surface area (TPSA) is 106 Å². The average Bonchev–Trinajstić information content (AvgIpc) is 3.56. The Morgan fingerprint density at radius 3 is 2.28 bits per heavy atom. The molecular weight excluding hydrogens is 708 g/mol. The van der Waals surface area contributed by atoms with Gasteiger partial charge in [0.25, 0.3) is 0 Å². The molecule has 4 aliphatic heterocycles. The summed E-state index contributed by atoms with van der Waals surface area (Å²) >= 11 is 0. The number of sulfone groups is 1. The number of hydrogen-bond acceptors (Lipinski definition) is 9. The summed E-state index contributed by atoms with van der Waals surface area (Å²) in [4.78, 5) is 36.2. The summed E-state index contributed by atoms with van der Waals surface area (Å²) < 4.78 is 46.6. The highest BCUT2D eigenvalue weighted by molar-refractivity contribution is 7.92. The molecule has 0 aromatic heterocycles. The van der Waals surface area contributed by atoms with Crippen molar-refractivity contribution in [3.05, 3.63) is 59.9 Å². The minimum atomic E-state index is -3.49. The lowest BCUT2D eigenvalue weighted by atomic mass is 9.57. The predicted molar refractivity (Wildman–Crippen MR) is 208 cm³/mol. The first-order valence-electron chi connectivity index (χ1n) is 20.0. The summed E-state index contributed by atoms with van der Waals surface area (Å²) in [6, 6.07) is 14.6. The van der Waals surface area contributed by atoms with Crippen molar-refractivity contribution in [2.75, 3.05) is 98.1 Å². The molecule has 1 aliphatic carbocycles. The summed E-state index contributed by atoms with van der Waals surface area (Å²) in [5, 5.41) is 2.64. The SMILES string of the molecule is COC(=O)N[C@H]1CCC[C@@H]1[C@](CN1CCC1)(c1cccc(F)c1)C1CCN(CC2CN(c3ccc(S(=O)(=O)C4CN(C(=O)CCN(C)C)C4)cc3)C2)CC1. The number of likely N-dealkylation sites (tertiary alicyclic amines) is 3. The first-order valence-corrected chi connectivity index (χ1v) is 21.6. The quantitative estimate of drug-likeness (QED) is 0.305. The van der Waals surface area contributed by atoms with E-state index in [2.05, 4.69) is 26.1 Å². The van der Waals surface area contributed by atoms with E-state index in [0.717, 1.165) is 95.7 Å². The maximum absolute atomic E-state index is 15.0. The molecule has 0 radical (unpaired) electrons. The van der Waals surface area contributed by atoms with Crippen molar-refractivity contribution in [3.8, 4) is 0 Å². The molecular formula is C41H59FN6O5S. The van der Waals surface area contributed by atoms with Crippen LogP contribution in [0, 0.1) is 23.6 Å². The molecule has 2 aromatic rings. The fourth-order valence-electron chi connectivity index (χ4n) is 9.98. The van der Waals surface area contributed by atoms with Gasteiger partial charge in [-0.15, -0.1) is 0 Å². The molecule has 4 heterocycles. The highest BCUT2D eigenvalue weighted by Crippen LogP contribution is 2.51. The molecule has 1 N–H and O–H groups in total. The van der Waals surface area contributed by atoms with E-state index in [1.807, 2.05) is 37.2 Å². The van der Waals surface area contributed by atoms with Gasteiger partial charge in [-0.3, -0.25) is 4.79 Å². The number of anilines is 1. The van der Waals surface area contributed by atoms with Crippen LogP contribution in [0.1, 0.15) is 50.5 Å². The number of rotatable bonds is 14. The second-order valence-corrected chi connectivity index (χ2v) is 19.0. The Balaban J connectivity index is 0.950. The van der Waals surface area contributed by atoms with Crippen LogP contribution in [0.4, 0.5) is 14.9 Å². The van der Waals surface area contributed by atoms with Gasteiger partial charge in [0.1, 0.15) is 11.1 Å². The zero-order chi connectivity index (χ0) is 38.0. The molecule has 54 heavy (non-hydrogen) atoms. The highest BCUT2D eigenvalue weighted by Gasteiger charge is 2.53. The first-order chi connectivity index (χ1) is 26.0. The molecule has 4 saturated heterocycles. The molecule has 3 atom stereocenters. The van der Waals surface area contributed by atoms with Crippen molar-refractivity contribution >= 4 is 27.5 Å². The summed E-state index contributed by atoms with van der Waals surface area (Å²) in [6.07, 6.45) is 6.20. The number of amides is 2. The van der Waals surface area contributed by atoms with Gasteiger partial charge in [0, 0.05) is 75.3 Å². The monoisotopic (exact) mass is 766 g/mol. The van der Waals surface area contributed by atoms with Gasteiger partial charge in [0.2, 0.25) is 5.91 Å². The third-order valence-corrected chi connectivity index (χ3v) is 15.3. The van der Waals surface area contributed by atoms with Crippen LogP contribution in [-0.4, -0.2) is 145 Å². The molecule has 1 saturated carbocycles. The zero-order valence-electron chi connectivity index (χ0n) is 32.3.